The molecule has 2 unspecified atom stereocenters. The van der Waals surface area contributed by atoms with Gasteiger partial charge < -0.3 is 10.3 Å². The summed E-state index contributed by atoms with van der Waals surface area (Å²) in [5.74, 6) is 0.816. The SMILES string of the molecule is NC1CC(F)Cn2cc(-c3ccc4c(c3)CCCC4)nc21. The van der Waals surface area contributed by atoms with Gasteiger partial charge in [0.25, 0.3) is 0 Å². The maximum absolute atomic E-state index is 13.6. The molecule has 0 spiro atoms. The molecule has 4 heteroatoms. The van der Waals surface area contributed by atoms with Gasteiger partial charge in [0.05, 0.1) is 18.3 Å². The number of hydrogen-bond donors (Lipinski definition) is 1. The Labute approximate surface area is 124 Å². The molecule has 0 radical (unpaired) electrons. The fourth-order valence-electron chi connectivity index (χ4n) is 3.57. The largest absolute Gasteiger partial charge is 0.330 e. The van der Waals surface area contributed by atoms with Crippen molar-refractivity contribution >= 4 is 0 Å². The summed E-state index contributed by atoms with van der Waals surface area (Å²) in [6.45, 7) is 0.376. The minimum atomic E-state index is -0.863. The van der Waals surface area contributed by atoms with Crippen LogP contribution < -0.4 is 5.73 Å². The van der Waals surface area contributed by atoms with Gasteiger partial charge in [0.2, 0.25) is 0 Å². The highest BCUT2D eigenvalue weighted by molar-refractivity contribution is 5.61. The van der Waals surface area contributed by atoms with Gasteiger partial charge in [-0.3, -0.25) is 0 Å². The topological polar surface area (TPSA) is 43.8 Å². The molecule has 110 valence electrons. The molecule has 2 aromatic rings. The fraction of sp³-hybridized carbons (Fsp3) is 0.471. The molecule has 0 bridgehead atoms. The average molecular weight is 285 g/mol. The highest BCUT2D eigenvalue weighted by Gasteiger charge is 2.26. The second kappa shape index (κ2) is 4.95. The van der Waals surface area contributed by atoms with Crippen molar-refractivity contribution in [2.45, 2.75) is 50.9 Å². The summed E-state index contributed by atoms with van der Waals surface area (Å²) in [4.78, 5) is 4.66. The number of nitrogens with zero attached hydrogens (tertiary/aromatic N) is 2. The molecular formula is C17H20FN3. The van der Waals surface area contributed by atoms with E-state index in [1.165, 1.54) is 30.4 Å². The summed E-state index contributed by atoms with van der Waals surface area (Å²) >= 11 is 0. The molecule has 2 atom stereocenters. The predicted molar refractivity (Wildman–Crippen MR) is 80.7 cm³/mol. The molecular weight excluding hydrogens is 265 g/mol. The van der Waals surface area contributed by atoms with Crippen LogP contribution in [0, 0.1) is 0 Å². The molecule has 21 heavy (non-hydrogen) atoms. The van der Waals surface area contributed by atoms with Crippen LogP contribution in [0.4, 0.5) is 4.39 Å². The first kappa shape index (κ1) is 13.0. The lowest BCUT2D eigenvalue weighted by atomic mass is 9.90. The summed E-state index contributed by atoms with van der Waals surface area (Å²) in [6.07, 6.45) is 6.36. The molecule has 0 amide bonds. The normalized spacial score (nSPS) is 24.5. The van der Waals surface area contributed by atoms with E-state index in [1.807, 2.05) is 10.8 Å². The number of fused-ring (bicyclic) bond motifs is 2. The Morgan fingerprint density at radius 3 is 2.86 bits per heavy atom. The van der Waals surface area contributed by atoms with Crippen LogP contribution in [0.5, 0.6) is 0 Å². The first-order valence-corrected chi connectivity index (χ1v) is 7.79. The van der Waals surface area contributed by atoms with E-state index in [9.17, 15) is 4.39 Å². The molecule has 1 aromatic carbocycles. The van der Waals surface area contributed by atoms with Gasteiger partial charge in [-0.15, -0.1) is 0 Å². The molecule has 0 saturated heterocycles. The molecule has 2 N–H and O–H groups in total. The van der Waals surface area contributed by atoms with E-state index in [0.717, 1.165) is 23.5 Å². The van der Waals surface area contributed by atoms with E-state index >= 15 is 0 Å². The lowest BCUT2D eigenvalue weighted by Crippen LogP contribution is -2.29. The van der Waals surface area contributed by atoms with Crippen LogP contribution in [0.15, 0.2) is 24.4 Å². The number of nitrogens with two attached hydrogens (primary N) is 1. The zero-order chi connectivity index (χ0) is 14.4. The van der Waals surface area contributed by atoms with Gasteiger partial charge in [-0.05, 0) is 42.9 Å². The van der Waals surface area contributed by atoms with Gasteiger partial charge >= 0.3 is 0 Å². The molecule has 1 aliphatic carbocycles. The Hall–Kier alpha value is -1.68. The van der Waals surface area contributed by atoms with Crippen LogP contribution in [0.2, 0.25) is 0 Å². The van der Waals surface area contributed by atoms with Crippen molar-refractivity contribution in [1.82, 2.24) is 9.55 Å². The first-order valence-electron chi connectivity index (χ1n) is 7.79. The molecule has 0 fully saturated rings. The van der Waals surface area contributed by atoms with Crippen molar-refractivity contribution < 1.29 is 4.39 Å². The van der Waals surface area contributed by atoms with Gasteiger partial charge in [-0.2, -0.15) is 0 Å². The third-order valence-electron chi connectivity index (χ3n) is 4.69. The van der Waals surface area contributed by atoms with Crippen molar-refractivity contribution in [1.29, 1.82) is 0 Å². The van der Waals surface area contributed by atoms with Crippen molar-refractivity contribution in [2.75, 3.05) is 0 Å². The number of aryl methyl sites for hydroxylation is 2. The van der Waals surface area contributed by atoms with E-state index in [4.69, 9.17) is 5.73 Å². The lowest BCUT2D eigenvalue weighted by molar-refractivity contribution is 0.230. The maximum atomic E-state index is 13.6. The minimum absolute atomic E-state index is 0.292. The fourth-order valence-corrected chi connectivity index (χ4v) is 3.57. The third kappa shape index (κ3) is 2.27. The molecule has 0 saturated carbocycles. The Morgan fingerprint density at radius 2 is 2.00 bits per heavy atom. The number of rotatable bonds is 1. The summed E-state index contributed by atoms with van der Waals surface area (Å²) in [7, 11) is 0. The van der Waals surface area contributed by atoms with Crippen LogP contribution in [-0.2, 0) is 19.4 Å². The molecule has 2 aliphatic rings. The standard InChI is InChI=1S/C17H20FN3/c18-14-8-15(19)17-20-16(10-21(17)9-14)13-6-5-11-3-1-2-4-12(11)7-13/h5-7,10,14-15H,1-4,8-9,19H2. The van der Waals surface area contributed by atoms with E-state index in [0.29, 0.717) is 13.0 Å². The highest BCUT2D eigenvalue weighted by Crippen LogP contribution is 2.30. The maximum Gasteiger partial charge on any atom is 0.126 e. The number of halogens is 1. The monoisotopic (exact) mass is 285 g/mol. The smallest absolute Gasteiger partial charge is 0.126 e. The van der Waals surface area contributed by atoms with E-state index < -0.39 is 6.17 Å². The van der Waals surface area contributed by atoms with Gasteiger partial charge in [0, 0.05) is 18.2 Å². The summed E-state index contributed by atoms with van der Waals surface area (Å²) < 4.78 is 15.5. The molecule has 3 nitrogen and oxygen atoms in total. The van der Waals surface area contributed by atoms with Crippen LogP contribution in [-0.4, -0.2) is 15.7 Å². The van der Waals surface area contributed by atoms with Crippen LogP contribution in [0.3, 0.4) is 0 Å². The van der Waals surface area contributed by atoms with Crippen molar-refractivity contribution in [2.24, 2.45) is 5.73 Å². The molecule has 1 aliphatic heterocycles. The van der Waals surface area contributed by atoms with Gasteiger partial charge in [-0.1, -0.05) is 12.1 Å². The zero-order valence-electron chi connectivity index (χ0n) is 12.1. The lowest BCUT2D eigenvalue weighted by Gasteiger charge is -2.22. The number of aromatic nitrogens is 2. The number of hydrogen-bond acceptors (Lipinski definition) is 2. The summed E-state index contributed by atoms with van der Waals surface area (Å²) in [5, 5.41) is 0. The van der Waals surface area contributed by atoms with E-state index in [1.54, 1.807) is 0 Å². The minimum Gasteiger partial charge on any atom is -0.330 e. The Morgan fingerprint density at radius 1 is 1.19 bits per heavy atom. The Bertz CT molecular complexity index is 677. The van der Waals surface area contributed by atoms with Crippen LogP contribution in [0.1, 0.15) is 42.3 Å². The molecule has 4 rings (SSSR count). The van der Waals surface area contributed by atoms with Crippen LogP contribution in [0.25, 0.3) is 11.3 Å². The number of benzene rings is 1. The third-order valence-corrected chi connectivity index (χ3v) is 4.69. The van der Waals surface area contributed by atoms with Crippen molar-refractivity contribution in [3.05, 3.63) is 41.3 Å². The molecule has 1 aromatic heterocycles. The zero-order valence-corrected chi connectivity index (χ0v) is 12.1. The Balaban J connectivity index is 1.72. The van der Waals surface area contributed by atoms with Crippen molar-refractivity contribution in [3.63, 3.8) is 0 Å². The quantitative estimate of drug-likeness (QED) is 0.874. The number of imidazole rings is 1. The predicted octanol–water partition coefficient (Wildman–Crippen LogP) is 3.17. The van der Waals surface area contributed by atoms with Crippen molar-refractivity contribution in [3.8, 4) is 11.3 Å². The van der Waals surface area contributed by atoms with Crippen LogP contribution >= 0.6 is 0 Å². The summed E-state index contributed by atoms with van der Waals surface area (Å²) in [5.41, 5.74) is 11.0. The van der Waals surface area contributed by atoms with Gasteiger partial charge in [-0.25, -0.2) is 9.37 Å². The molecule has 2 heterocycles. The Kier molecular flexibility index (Phi) is 3.07. The van der Waals surface area contributed by atoms with E-state index in [-0.39, 0.29) is 6.04 Å². The second-order valence-corrected chi connectivity index (χ2v) is 6.27. The van der Waals surface area contributed by atoms with E-state index in [2.05, 4.69) is 23.2 Å². The number of alkyl halides is 1. The average Bonchev–Trinajstić information content (AvgIpc) is 2.91. The summed E-state index contributed by atoms with van der Waals surface area (Å²) in [6, 6.07) is 6.32. The second-order valence-electron chi connectivity index (χ2n) is 6.27. The van der Waals surface area contributed by atoms with Gasteiger partial charge in [0.15, 0.2) is 0 Å². The highest BCUT2D eigenvalue weighted by atomic mass is 19.1. The first-order chi connectivity index (χ1) is 10.2. The van der Waals surface area contributed by atoms with Gasteiger partial charge in [0.1, 0.15) is 12.0 Å².